The van der Waals surface area contributed by atoms with E-state index in [2.05, 4.69) is 87.4 Å². The van der Waals surface area contributed by atoms with E-state index in [1.165, 1.54) is 16.7 Å². The van der Waals surface area contributed by atoms with Crippen molar-refractivity contribution in [2.75, 3.05) is 0 Å². The molecule has 0 radical (unpaired) electrons. The molecule has 0 saturated carbocycles. The molecule has 0 aliphatic heterocycles. The molecule has 0 bridgehead atoms. The third-order valence-electron chi connectivity index (χ3n) is 3.50. The van der Waals surface area contributed by atoms with Gasteiger partial charge in [-0.2, -0.15) is 0 Å². The van der Waals surface area contributed by atoms with Crippen LogP contribution in [0.1, 0.15) is 16.7 Å². The van der Waals surface area contributed by atoms with Crippen LogP contribution in [0.5, 0.6) is 0 Å². The fourth-order valence-electron chi connectivity index (χ4n) is 2.29. The van der Waals surface area contributed by atoms with Crippen molar-refractivity contribution in [3.8, 4) is 0 Å². The molecule has 0 aliphatic rings. The predicted molar refractivity (Wildman–Crippen MR) is 85.9 cm³/mol. The van der Waals surface area contributed by atoms with E-state index >= 15 is 0 Å². The minimum Gasteiger partial charge on any atom is -0.233 e. The minimum absolute atomic E-state index is 0.806. The standard InChI is InChI=1S/C17H17BrN3/c1-14-4-2-3-5-16(14)11-21-13-20(12-19-21)10-15-6-8-17(18)9-7-15/h2-9,12-13H,10-11H2,1H3/q+1. The van der Waals surface area contributed by atoms with Crippen molar-refractivity contribution in [2.45, 2.75) is 20.0 Å². The van der Waals surface area contributed by atoms with Crippen LogP contribution in [0.25, 0.3) is 0 Å². The van der Waals surface area contributed by atoms with Crippen LogP contribution < -0.4 is 4.57 Å². The Morgan fingerprint density at radius 2 is 1.86 bits per heavy atom. The third kappa shape index (κ3) is 3.58. The van der Waals surface area contributed by atoms with E-state index in [9.17, 15) is 0 Å². The Balaban J connectivity index is 1.72. The quantitative estimate of drug-likeness (QED) is 0.666. The van der Waals surface area contributed by atoms with E-state index in [0.29, 0.717) is 0 Å². The van der Waals surface area contributed by atoms with Gasteiger partial charge in [-0.1, -0.05) is 52.3 Å². The number of benzene rings is 2. The number of rotatable bonds is 4. The average Bonchev–Trinajstić information content (AvgIpc) is 2.91. The Kier molecular flexibility index (Phi) is 4.15. The maximum atomic E-state index is 4.44. The molecule has 21 heavy (non-hydrogen) atoms. The molecule has 0 unspecified atom stereocenters. The summed E-state index contributed by atoms with van der Waals surface area (Å²) in [4.78, 5) is 0. The second-order valence-corrected chi connectivity index (χ2v) is 6.08. The van der Waals surface area contributed by atoms with Gasteiger partial charge in [0.2, 0.25) is 6.33 Å². The number of halogens is 1. The topological polar surface area (TPSA) is 21.7 Å². The largest absolute Gasteiger partial charge is 0.265 e. The van der Waals surface area contributed by atoms with Crippen molar-refractivity contribution in [1.82, 2.24) is 9.78 Å². The molecule has 0 atom stereocenters. The molecule has 1 aromatic heterocycles. The lowest BCUT2D eigenvalue weighted by Crippen LogP contribution is -2.31. The maximum absolute atomic E-state index is 4.44. The number of nitrogens with zero attached hydrogens (tertiary/aromatic N) is 3. The van der Waals surface area contributed by atoms with E-state index in [1.807, 2.05) is 11.0 Å². The van der Waals surface area contributed by atoms with Gasteiger partial charge in [0, 0.05) is 9.57 Å². The van der Waals surface area contributed by atoms with Crippen LogP contribution in [0.2, 0.25) is 0 Å². The van der Waals surface area contributed by atoms with Gasteiger partial charge in [-0.3, -0.25) is 0 Å². The summed E-state index contributed by atoms with van der Waals surface area (Å²) in [6.45, 7) is 3.77. The zero-order valence-electron chi connectivity index (χ0n) is 11.9. The van der Waals surface area contributed by atoms with E-state index in [1.54, 1.807) is 0 Å². The van der Waals surface area contributed by atoms with Crippen LogP contribution in [0, 0.1) is 6.92 Å². The first kappa shape index (κ1) is 14.0. The maximum Gasteiger partial charge on any atom is 0.265 e. The molecule has 0 N–H and O–H groups in total. The number of aromatic nitrogens is 3. The summed E-state index contributed by atoms with van der Waals surface area (Å²) in [5.74, 6) is 0. The first-order valence-corrected chi connectivity index (χ1v) is 7.70. The second-order valence-electron chi connectivity index (χ2n) is 5.17. The van der Waals surface area contributed by atoms with Crippen molar-refractivity contribution in [1.29, 1.82) is 0 Å². The van der Waals surface area contributed by atoms with Crippen molar-refractivity contribution >= 4 is 15.9 Å². The summed E-state index contributed by atoms with van der Waals surface area (Å²) in [5, 5.41) is 4.44. The molecule has 3 rings (SSSR count). The molecular weight excluding hydrogens is 326 g/mol. The van der Waals surface area contributed by atoms with Crippen LogP contribution in [-0.2, 0) is 13.1 Å². The normalized spacial score (nSPS) is 10.8. The first-order chi connectivity index (χ1) is 10.2. The van der Waals surface area contributed by atoms with Gasteiger partial charge in [0.05, 0.1) is 6.54 Å². The van der Waals surface area contributed by atoms with Gasteiger partial charge >= 0.3 is 0 Å². The highest BCUT2D eigenvalue weighted by Crippen LogP contribution is 2.10. The van der Waals surface area contributed by atoms with Gasteiger partial charge in [0.15, 0.2) is 0 Å². The second kappa shape index (κ2) is 6.22. The molecule has 4 heteroatoms. The Morgan fingerprint density at radius 1 is 1.10 bits per heavy atom. The molecule has 106 valence electrons. The lowest BCUT2D eigenvalue weighted by atomic mass is 10.1. The fraction of sp³-hybridized carbons (Fsp3) is 0.176. The van der Waals surface area contributed by atoms with E-state index < -0.39 is 0 Å². The zero-order valence-corrected chi connectivity index (χ0v) is 13.5. The SMILES string of the molecule is Cc1ccccc1Cn1c[n+](Cc2ccc(Br)cc2)cn1. The molecule has 0 fully saturated rings. The molecule has 3 nitrogen and oxygen atoms in total. The third-order valence-corrected chi connectivity index (χ3v) is 4.03. The lowest BCUT2D eigenvalue weighted by molar-refractivity contribution is -0.689. The van der Waals surface area contributed by atoms with Crippen molar-refractivity contribution in [2.24, 2.45) is 0 Å². The van der Waals surface area contributed by atoms with Crippen molar-refractivity contribution in [3.05, 3.63) is 82.3 Å². The predicted octanol–water partition coefficient (Wildman–Crippen LogP) is 3.34. The Bertz CT molecular complexity index is 732. The smallest absolute Gasteiger partial charge is 0.233 e. The van der Waals surface area contributed by atoms with Gasteiger partial charge in [-0.05, 0) is 35.7 Å². The van der Waals surface area contributed by atoms with Crippen LogP contribution in [0.3, 0.4) is 0 Å². The molecule has 0 amide bonds. The monoisotopic (exact) mass is 342 g/mol. The molecule has 0 aliphatic carbocycles. The summed E-state index contributed by atoms with van der Waals surface area (Å²) in [6, 6.07) is 16.8. The number of hydrogen-bond donors (Lipinski definition) is 0. The summed E-state index contributed by atoms with van der Waals surface area (Å²) in [6.07, 6.45) is 3.93. The molecule has 0 spiro atoms. The Morgan fingerprint density at radius 3 is 2.62 bits per heavy atom. The van der Waals surface area contributed by atoms with Gasteiger partial charge in [0.25, 0.3) is 6.33 Å². The molecule has 1 heterocycles. The van der Waals surface area contributed by atoms with Gasteiger partial charge in [-0.15, -0.1) is 4.68 Å². The molecule has 3 aromatic rings. The fourth-order valence-corrected chi connectivity index (χ4v) is 2.55. The Hall–Kier alpha value is -1.94. The summed E-state index contributed by atoms with van der Waals surface area (Å²) in [5.41, 5.74) is 3.86. The van der Waals surface area contributed by atoms with E-state index in [0.717, 1.165) is 17.6 Å². The lowest BCUT2D eigenvalue weighted by Gasteiger charge is -2.01. The minimum atomic E-state index is 0.806. The van der Waals surface area contributed by atoms with Crippen LogP contribution >= 0.6 is 15.9 Å². The van der Waals surface area contributed by atoms with Gasteiger partial charge in [-0.25, -0.2) is 4.57 Å². The number of aryl methyl sites for hydroxylation is 1. The molecule has 2 aromatic carbocycles. The van der Waals surface area contributed by atoms with Crippen LogP contribution in [0.15, 0.2) is 65.7 Å². The summed E-state index contributed by atoms with van der Waals surface area (Å²) < 4.78 is 5.18. The molecule has 0 saturated heterocycles. The van der Waals surface area contributed by atoms with E-state index in [4.69, 9.17) is 0 Å². The van der Waals surface area contributed by atoms with Crippen molar-refractivity contribution < 1.29 is 4.57 Å². The Labute approximate surface area is 133 Å². The van der Waals surface area contributed by atoms with Crippen LogP contribution in [-0.4, -0.2) is 9.78 Å². The summed E-state index contributed by atoms with van der Waals surface area (Å²) in [7, 11) is 0. The highest BCUT2D eigenvalue weighted by molar-refractivity contribution is 9.10. The van der Waals surface area contributed by atoms with Gasteiger partial charge < -0.3 is 0 Å². The highest BCUT2D eigenvalue weighted by atomic mass is 79.9. The zero-order chi connectivity index (χ0) is 14.7. The molecular formula is C17H17BrN3+. The van der Waals surface area contributed by atoms with Crippen LogP contribution in [0.4, 0.5) is 0 Å². The summed E-state index contributed by atoms with van der Waals surface area (Å²) >= 11 is 3.46. The van der Waals surface area contributed by atoms with Gasteiger partial charge in [0.1, 0.15) is 6.54 Å². The van der Waals surface area contributed by atoms with Crippen molar-refractivity contribution in [3.63, 3.8) is 0 Å². The average molecular weight is 343 g/mol. The van der Waals surface area contributed by atoms with E-state index in [-0.39, 0.29) is 0 Å². The highest BCUT2D eigenvalue weighted by Gasteiger charge is 2.08. The number of hydrogen-bond acceptors (Lipinski definition) is 1. The first-order valence-electron chi connectivity index (χ1n) is 6.91.